The van der Waals surface area contributed by atoms with Gasteiger partial charge in [0.2, 0.25) is 0 Å². The smallest absolute Gasteiger partial charge is 0.330 e. The summed E-state index contributed by atoms with van der Waals surface area (Å²) in [7, 11) is 0. The summed E-state index contributed by atoms with van der Waals surface area (Å²) in [5, 5.41) is 11.7. The van der Waals surface area contributed by atoms with Crippen LogP contribution in [0, 0.1) is 0 Å². The number of rotatable bonds is 6. The highest BCUT2D eigenvalue weighted by Crippen LogP contribution is 1.92. The van der Waals surface area contributed by atoms with Crippen molar-refractivity contribution < 1.29 is 9.84 Å². The summed E-state index contributed by atoms with van der Waals surface area (Å²) >= 11 is 0. The lowest BCUT2D eigenvalue weighted by Crippen LogP contribution is -2.32. The Hall–Kier alpha value is -2.09. The number of hydrogen-bond donors (Lipinski definition) is 2. The molecule has 2 N–H and O–H groups in total. The predicted octanol–water partition coefficient (Wildman–Crippen LogP) is -0.687. The minimum atomic E-state index is -0.627. The average molecular weight is 241 g/mol. The molecule has 0 fully saturated rings. The number of aliphatic hydroxyl groups excluding tert-OH is 1. The lowest BCUT2D eigenvalue weighted by atomic mass is 10.3. The molecule has 1 rings (SSSR count). The summed E-state index contributed by atoms with van der Waals surface area (Å²) in [6, 6.07) is 0. The summed E-state index contributed by atoms with van der Waals surface area (Å²) in [4.78, 5) is 27.2. The van der Waals surface area contributed by atoms with Gasteiger partial charge in [0.25, 0.3) is 5.56 Å². The molecule has 0 amide bonds. The Kier molecular flexibility index (Phi) is 4.95. The molecule has 1 aromatic rings. The molecule has 9 nitrogen and oxygen atoms in total. The van der Waals surface area contributed by atoms with E-state index in [0.29, 0.717) is 0 Å². The van der Waals surface area contributed by atoms with E-state index in [1.54, 1.807) is 0 Å². The van der Waals surface area contributed by atoms with Crippen LogP contribution in [-0.2, 0) is 18.0 Å². The predicted molar refractivity (Wildman–Crippen MR) is 57.2 cm³/mol. The Morgan fingerprint density at radius 2 is 2.35 bits per heavy atom. The van der Waals surface area contributed by atoms with Gasteiger partial charge in [0.15, 0.2) is 0 Å². The van der Waals surface area contributed by atoms with Crippen molar-refractivity contribution in [2.45, 2.75) is 13.3 Å². The van der Waals surface area contributed by atoms with Crippen molar-refractivity contribution in [3.05, 3.63) is 43.0 Å². The molecule has 0 aliphatic rings. The van der Waals surface area contributed by atoms with Crippen LogP contribution in [0.25, 0.3) is 10.4 Å². The fraction of sp³-hybridized carbons (Fsp3) is 0.500. The lowest BCUT2D eigenvalue weighted by Gasteiger charge is -2.06. The van der Waals surface area contributed by atoms with E-state index in [1.165, 1.54) is 6.20 Å². The fourth-order valence-electron chi connectivity index (χ4n) is 1.10. The van der Waals surface area contributed by atoms with Gasteiger partial charge in [-0.2, -0.15) is 0 Å². The summed E-state index contributed by atoms with van der Waals surface area (Å²) in [5.74, 6) is 0. The van der Waals surface area contributed by atoms with Crippen molar-refractivity contribution in [2.24, 2.45) is 5.11 Å². The molecule has 1 aromatic heterocycles. The molecular formula is C8H11N5O4. The Balaban J connectivity index is 2.93. The van der Waals surface area contributed by atoms with Crippen molar-refractivity contribution in [1.29, 1.82) is 0 Å². The highest BCUT2D eigenvalue weighted by Gasteiger charge is 2.03. The second-order valence-corrected chi connectivity index (χ2v) is 3.03. The van der Waals surface area contributed by atoms with Gasteiger partial charge in [-0.15, -0.1) is 0 Å². The highest BCUT2D eigenvalue weighted by molar-refractivity contribution is 5.04. The van der Waals surface area contributed by atoms with Crippen LogP contribution in [0.1, 0.15) is 5.56 Å². The van der Waals surface area contributed by atoms with Gasteiger partial charge in [-0.05, 0) is 5.53 Å². The largest absolute Gasteiger partial charge is 0.394 e. The van der Waals surface area contributed by atoms with Gasteiger partial charge >= 0.3 is 5.69 Å². The van der Waals surface area contributed by atoms with E-state index in [2.05, 4.69) is 15.0 Å². The van der Waals surface area contributed by atoms with E-state index in [1.807, 2.05) is 0 Å². The zero-order chi connectivity index (χ0) is 12.7. The average Bonchev–Trinajstić information content (AvgIpc) is 2.31. The van der Waals surface area contributed by atoms with Gasteiger partial charge < -0.3 is 9.84 Å². The first-order chi connectivity index (χ1) is 8.19. The van der Waals surface area contributed by atoms with Crippen molar-refractivity contribution in [2.75, 3.05) is 13.2 Å². The molecule has 0 bridgehead atoms. The Morgan fingerprint density at radius 1 is 1.59 bits per heavy atom. The molecule has 0 saturated heterocycles. The Bertz CT molecular complexity index is 527. The van der Waals surface area contributed by atoms with Crippen LogP contribution >= 0.6 is 0 Å². The second-order valence-electron chi connectivity index (χ2n) is 3.03. The van der Waals surface area contributed by atoms with Crippen LogP contribution in [0.2, 0.25) is 0 Å². The number of hydrogen-bond acceptors (Lipinski definition) is 5. The van der Waals surface area contributed by atoms with Crippen LogP contribution in [0.15, 0.2) is 20.9 Å². The van der Waals surface area contributed by atoms with Crippen LogP contribution in [0.3, 0.4) is 0 Å². The minimum Gasteiger partial charge on any atom is -0.394 e. The quantitative estimate of drug-likeness (QED) is 0.295. The molecule has 0 saturated carbocycles. The zero-order valence-electron chi connectivity index (χ0n) is 8.87. The number of aromatic amines is 1. The third kappa shape index (κ3) is 3.76. The molecule has 0 radical (unpaired) electrons. The summed E-state index contributed by atoms with van der Waals surface area (Å²) in [6.07, 6.45) is 1.26. The van der Waals surface area contributed by atoms with Gasteiger partial charge in [0, 0.05) is 16.7 Å². The molecule has 0 aliphatic heterocycles. The van der Waals surface area contributed by atoms with E-state index in [9.17, 15) is 9.59 Å². The summed E-state index contributed by atoms with van der Waals surface area (Å²) in [5.41, 5.74) is 7.08. The van der Waals surface area contributed by atoms with Crippen molar-refractivity contribution in [3.8, 4) is 0 Å². The van der Waals surface area contributed by atoms with E-state index in [0.717, 1.165) is 4.57 Å². The molecule has 0 aliphatic carbocycles. The molecule has 9 heteroatoms. The topological polar surface area (TPSA) is 133 Å². The summed E-state index contributed by atoms with van der Waals surface area (Å²) in [6.45, 7) is -0.327. The number of azide groups is 1. The van der Waals surface area contributed by atoms with Crippen LogP contribution < -0.4 is 11.2 Å². The van der Waals surface area contributed by atoms with Gasteiger partial charge in [-0.3, -0.25) is 14.3 Å². The van der Waals surface area contributed by atoms with Crippen molar-refractivity contribution in [3.63, 3.8) is 0 Å². The standard InChI is InChI=1S/C8H11N5O4/c9-12-10-3-6-4-13(5-17-2-1-14)8(16)11-7(6)15/h4,14H,1-3,5H2,(H,11,15,16). The molecule has 0 spiro atoms. The molecule has 0 unspecified atom stereocenters. The summed E-state index contributed by atoms with van der Waals surface area (Å²) < 4.78 is 6.05. The van der Waals surface area contributed by atoms with Gasteiger partial charge in [-0.25, -0.2) is 4.79 Å². The minimum absolute atomic E-state index is 0.0806. The van der Waals surface area contributed by atoms with Crippen molar-refractivity contribution in [1.82, 2.24) is 9.55 Å². The molecule has 17 heavy (non-hydrogen) atoms. The van der Waals surface area contributed by atoms with Gasteiger partial charge in [-0.1, -0.05) is 5.11 Å². The number of nitrogens with zero attached hydrogens (tertiary/aromatic N) is 4. The number of H-pyrrole nitrogens is 1. The maximum atomic E-state index is 11.3. The third-order valence-electron chi connectivity index (χ3n) is 1.85. The number of nitrogens with one attached hydrogen (secondary N) is 1. The maximum absolute atomic E-state index is 11.3. The maximum Gasteiger partial charge on any atom is 0.330 e. The van der Waals surface area contributed by atoms with Crippen molar-refractivity contribution >= 4 is 0 Å². The number of ether oxygens (including phenoxy) is 1. The zero-order valence-corrected chi connectivity index (χ0v) is 8.87. The van der Waals surface area contributed by atoms with E-state index in [-0.39, 0.29) is 32.1 Å². The Labute approximate surface area is 94.9 Å². The van der Waals surface area contributed by atoms with E-state index >= 15 is 0 Å². The lowest BCUT2D eigenvalue weighted by molar-refractivity contribution is 0.0455. The molecule has 0 aromatic carbocycles. The molecule has 0 atom stereocenters. The molecule has 1 heterocycles. The van der Waals surface area contributed by atoms with Crippen LogP contribution in [0.4, 0.5) is 0 Å². The highest BCUT2D eigenvalue weighted by atomic mass is 16.5. The molecular weight excluding hydrogens is 230 g/mol. The number of aromatic nitrogens is 2. The van der Waals surface area contributed by atoms with Gasteiger partial charge in [0.05, 0.1) is 19.8 Å². The van der Waals surface area contributed by atoms with Crippen LogP contribution in [0.5, 0.6) is 0 Å². The van der Waals surface area contributed by atoms with E-state index in [4.69, 9.17) is 15.4 Å². The second kappa shape index (κ2) is 6.48. The SMILES string of the molecule is [N-]=[N+]=NCc1cn(COCCO)c(=O)[nH]c1=O. The van der Waals surface area contributed by atoms with E-state index < -0.39 is 11.2 Å². The Morgan fingerprint density at radius 3 is 3.00 bits per heavy atom. The monoisotopic (exact) mass is 241 g/mol. The van der Waals surface area contributed by atoms with Gasteiger partial charge in [0.1, 0.15) is 6.73 Å². The number of aliphatic hydroxyl groups is 1. The normalized spacial score (nSPS) is 9.94. The first kappa shape index (κ1) is 13.0. The molecule has 92 valence electrons. The third-order valence-corrected chi connectivity index (χ3v) is 1.85. The first-order valence-electron chi connectivity index (χ1n) is 4.71. The first-order valence-corrected chi connectivity index (χ1v) is 4.71. The van der Waals surface area contributed by atoms with Crippen LogP contribution in [-0.4, -0.2) is 27.9 Å². The fourth-order valence-corrected chi connectivity index (χ4v) is 1.10.